The maximum atomic E-state index is 5.94. The highest BCUT2D eigenvalue weighted by molar-refractivity contribution is 5.31. The molecule has 0 saturated carbocycles. The van der Waals surface area contributed by atoms with Crippen LogP contribution in [-0.4, -0.2) is 19.2 Å². The van der Waals surface area contributed by atoms with E-state index in [2.05, 4.69) is 51.2 Å². The fraction of sp³-hybridized carbons (Fsp3) is 0.625. The third kappa shape index (κ3) is 3.12. The average Bonchev–Trinajstić information content (AvgIpc) is 2.78. The average molecular weight is 247 g/mol. The molecular weight excluding hydrogens is 222 g/mol. The number of rotatable bonds is 4. The van der Waals surface area contributed by atoms with E-state index in [1.165, 1.54) is 16.7 Å². The van der Waals surface area contributed by atoms with Crippen molar-refractivity contribution in [3.63, 3.8) is 0 Å². The second-order valence-corrected chi connectivity index (χ2v) is 5.75. The summed E-state index contributed by atoms with van der Waals surface area (Å²) in [7, 11) is 0. The minimum atomic E-state index is 0.274. The van der Waals surface area contributed by atoms with Gasteiger partial charge in [0.25, 0.3) is 0 Å². The van der Waals surface area contributed by atoms with Crippen LogP contribution in [0.2, 0.25) is 0 Å². The molecule has 2 atom stereocenters. The molecule has 1 aliphatic heterocycles. The molecule has 0 aromatic heterocycles. The number of nitrogens with one attached hydrogen (secondary N) is 1. The monoisotopic (exact) mass is 247 g/mol. The first-order valence-corrected chi connectivity index (χ1v) is 7.00. The third-order valence-corrected chi connectivity index (χ3v) is 3.86. The molecule has 2 rings (SSSR count). The molecule has 0 bridgehead atoms. The van der Waals surface area contributed by atoms with Crippen molar-refractivity contribution >= 4 is 0 Å². The molecule has 2 nitrogen and oxygen atoms in total. The van der Waals surface area contributed by atoms with Gasteiger partial charge >= 0.3 is 0 Å². The van der Waals surface area contributed by atoms with Gasteiger partial charge in [-0.3, -0.25) is 0 Å². The summed E-state index contributed by atoms with van der Waals surface area (Å²) in [6.45, 7) is 10.7. The van der Waals surface area contributed by atoms with Crippen LogP contribution in [0.15, 0.2) is 18.2 Å². The van der Waals surface area contributed by atoms with Crippen LogP contribution in [-0.2, 0) is 4.74 Å². The Labute approximate surface area is 111 Å². The van der Waals surface area contributed by atoms with Gasteiger partial charge in [0, 0.05) is 25.1 Å². The summed E-state index contributed by atoms with van der Waals surface area (Å²) in [5, 5.41) is 3.53. The van der Waals surface area contributed by atoms with Crippen LogP contribution in [0.3, 0.4) is 0 Å². The molecule has 0 aliphatic carbocycles. The van der Waals surface area contributed by atoms with Crippen molar-refractivity contribution in [2.75, 3.05) is 13.2 Å². The van der Waals surface area contributed by atoms with Crippen LogP contribution in [0.1, 0.15) is 43.1 Å². The van der Waals surface area contributed by atoms with Gasteiger partial charge in [-0.2, -0.15) is 0 Å². The Bertz CT molecular complexity index is 400. The number of ether oxygens (including phenoxy) is 1. The highest BCUT2D eigenvalue weighted by atomic mass is 16.5. The van der Waals surface area contributed by atoms with Crippen LogP contribution in [0.4, 0.5) is 0 Å². The van der Waals surface area contributed by atoms with E-state index >= 15 is 0 Å². The minimum absolute atomic E-state index is 0.274. The second kappa shape index (κ2) is 5.85. The Morgan fingerprint density at radius 3 is 2.72 bits per heavy atom. The van der Waals surface area contributed by atoms with E-state index in [1.807, 2.05) is 0 Å². The van der Waals surface area contributed by atoms with Gasteiger partial charge < -0.3 is 10.1 Å². The number of hydrogen-bond donors (Lipinski definition) is 1. The molecule has 0 radical (unpaired) electrons. The molecule has 18 heavy (non-hydrogen) atoms. The summed E-state index contributed by atoms with van der Waals surface area (Å²) < 4.78 is 5.94. The first kappa shape index (κ1) is 13.6. The van der Waals surface area contributed by atoms with Crippen molar-refractivity contribution in [2.45, 2.75) is 46.3 Å². The lowest BCUT2D eigenvalue weighted by Crippen LogP contribution is -2.30. The van der Waals surface area contributed by atoms with E-state index in [0.717, 1.165) is 19.6 Å². The van der Waals surface area contributed by atoms with Crippen molar-refractivity contribution in [3.05, 3.63) is 34.9 Å². The van der Waals surface area contributed by atoms with Crippen LogP contribution in [0, 0.1) is 19.8 Å². The van der Waals surface area contributed by atoms with E-state index in [0.29, 0.717) is 12.0 Å². The standard InChI is InChI=1S/C16H25NO/c1-11(2)17-10-15-7-8-18-16(15)14-6-5-12(3)13(4)9-14/h5-6,9,11,15-17H,7-8,10H2,1-4H3. The second-order valence-electron chi connectivity index (χ2n) is 5.75. The number of benzene rings is 1. The molecule has 1 N–H and O–H groups in total. The summed E-state index contributed by atoms with van der Waals surface area (Å²) in [6, 6.07) is 7.26. The lowest BCUT2D eigenvalue weighted by atomic mass is 9.93. The van der Waals surface area contributed by atoms with Crippen molar-refractivity contribution in [3.8, 4) is 0 Å². The molecule has 100 valence electrons. The first-order valence-electron chi connectivity index (χ1n) is 7.00. The summed E-state index contributed by atoms with van der Waals surface area (Å²) >= 11 is 0. The Kier molecular flexibility index (Phi) is 4.41. The molecule has 1 aromatic rings. The molecule has 1 aromatic carbocycles. The lowest BCUT2D eigenvalue weighted by molar-refractivity contribution is 0.0900. The van der Waals surface area contributed by atoms with Gasteiger partial charge in [0.15, 0.2) is 0 Å². The largest absolute Gasteiger partial charge is 0.373 e. The van der Waals surface area contributed by atoms with E-state index in [9.17, 15) is 0 Å². The highest BCUT2D eigenvalue weighted by Crippen LogP contribution is 2.34. The molecule has 2 unspecified atom stereocenters. The van der Waals surface area contributed by atoms with Crippen molar-refractivity contribution in [1.82, 2.24) is 5.32 Å². The molecule has 0 spiro atoms. The molecular formula is C16H25NO. The summed E-state index contributed by atoms with van der Waals surface area (Å²) in [5.41, 5.74) is 4.05. The maximum absolute atomic E-state index is 5.94. The molecule has 0 amide bonds. The van der Waals surface area contributed by atoms with E-state index < -0.39 is 0 Å². The van der Waals surface area contributed by atoms with Crippen molar-refractivity contribution in [2.24, 2.45) is 5.92 Å². The lowest BCUT2D eigenvalue weighted by Gasteiger charge is -2.21. The van der Waals surface area contributed by atoms with Gasteiger partial charge in [-0.25, -0.2) is 0 Å². The van der Waals surface area contributed by atoms with Gasteiger partial charge in [-0.15, -0.1) is 0 Å². The Morgan fingerprint density at radius 2 is 2.06 bits per heavy atom. The van der Waals surface area contributed by atoms with Gasteiger partial charge in [0.2, 0.25) is 0 Å². The van der Waals surface area contributed by atoms with Crippen LogP contribution < -0.4 is 5.32 Å². The Balaban J connectivity index is 2.08. The van der Waals surface area contributed by atoms with Crippen LogP contribution in [0.25, 0.3) is 0 Å². The SMILES string of the molecule is Cc1ccc(C2OCCC2CNC(C)C)cc1C. The molecule has 1 heterocycles. The van der Waals surface area contributed by atoms with Crippen LogP contribution >= 0.6 is 0 Å². The summed E-state index contributed by atoms with van der Waals surface area (Å²) in [4.78, 5) is 0. The van der Waals surface area contributed by atoms with Crippen molar-refractivity contribution in [1.29, 1.82) is 0 Å². The Morgan fingerprint density at radius 1 is 1.28 bits per heavy atom. The summed E-state index contributed by atoms with van der Waals surface area (Å²) in [6.07, 6.45) is 1.44. The van der Waals surface area contributed by atoms with E-state index in [-0.39, 0.29) is 6.10 Å². The normalized spacial score (nSPS) is 23.8. The topological polar surface area (TPSA) is 21.3 Å². The third-order valence-electron chi connectivity index (χ3n) is 3.86. The predicted octanol–water partition coefficient (Wildman–Crippen LogP) is 3.38. The summed E-state index contributed by atoms with van der Waals surface area (Å²) in [5.74, 6) is 0.606. The molecule has 1 saturated heterocycles. The Hall–Kier alpha value is -0.860. The van der Waals surface area contributed by atoms with Gasteiger partial charge in [0.1, 0.15) is 0 Å². The quantitative estimate of drug-likeness (QED) is 0.880. The zero-order valence-corrected chi connectivity index (χ0v) is 12.0. The molecule has 2 heteroatoms. The zero-order valence-electron chi connectivity index (χ0n) is 12.0. The molecule has 1 aliphatic rings. The zero-order chi connectivity index (χ0) is 13.1. The first-order chi connectivity index (χ1) is 8.58. The van der Waals surface area contributed by atoms with Gasteiger partial charge in [-0.05, 0) is 37.0 Å². The number of aryl methyl sites for hydroxylation is 2. The van der Waals surface area contributed by atoms with Gasteiger partial charge in [-0.1, -0.05) is 32.0 Å². The predicted molar refractivity (Wildman–Crippen MR) is 75.9 cm³/mol. The van der Waals surface area contributed by atoms with Crippen LogP contribution in [0.5, 0.6) is 0 Å². The van der Waals surface area contributed by atoms with E-state index in [4.69, 9.17) is 4.74 Å². The highest BCUT2D eigenvalue weighted by Gasteiger charge is 2.29. The van der Waals surface area contributed by atoms with Gasteiger partial charge in [0.05, 0.1) is 6.10 Å². The fourth-order valence-electron chi connectivity index (χ4n) is 2.54. The minimum Gasteiger partial charge on any atom is -0.373 e. The molecule has 1 fully saturated rings. The fourth-order valence-corrected chi connectivity index (χ4v) is 2.54. The van der Waals surface area contributed by atoms with E-state index in [1.54, 1.807) is 0 Å². The van der Waals surface area contributed by atoms with Crippen molar-refractivity contribution < 1.29 is 4.74 Å². The smallest absolute Gasteiger partial charge is 0.0866 e. The number of hydrogen-bond acceptors (Lipinski definition) is 2. The maximum Gasteiger partial charge on any atom is 0.0866 e.